The zero-order valence-corrected chi connectivity index (χ0v) is 14.1. The lowest BCUT2D eigenvalue weighted by Crippen LogP contribution is -2.16. The normalized spacial score (nSPS) is 11.1. The van der Waals surface area contributed by atoms with Crippen molar-refractivity contribution < 1.29 is 18.3 Å². The van der Waals surface area contributed by atoms with Crippen molar-refractivity contribution in [1.82, 2.24) is 24.8 Å². The van der Waals surface area contributed by atoms with Crippen LogP contribution in [0.2, 0.25) is 0 Å². The molecule has 0 saturated heterocycles. The van der Waals surface area contributed by atoms with Crippen molar-refractivity contribution in [2.24, 2.45) is 0 Å². The number of aromatic nitrogens is 5. The lowest BCUT2D eigenvalue weighted by molar-refractivity contribution is -0.113. The Morgan fingerprint density at radius 3 is 2.77 bits per heavy atom. The SMILES string of the molecule is Cc1nn2c(SCC(=O)Nc3ccc(OC(F)F)cc3)nnc2[nH]c1=O. The molecule has 0 bridgehead atoms. The third-order valence-corrected chi connectivity index (χ3v) is 4.03. The van der Waals surface area contributed by atoms with Gasteiger partial charge in [0.1, 0.15) is 11.4 Å². The van der Waals surface area contributed by atoms with Crippen LogP contribution in [0, 0.1) is 6.92 Å². The second kappa shape index (κ2) is 7.47. The highest BCUT2D eigenvalue weighted by Crippen LogP contribution is 2.19. The van der Waals surface area contributed by atoms with E-state index in [4.69, 9.17) is 0 Å². The summed E-state index contributed by atoms with van der Waals surface area (Å²) in [7, 11) is 0. The van der Waals surface area contributed by atoms with Gasteiger partial charge < -0.3 is 10.1 Å². The van der Waals surface area contributed by atoms with Gasteiger partial charge in [-0.05, 0) is 31.2 Å². The van der Waals surface area contributed by atoms with Crippen LogP contribution in [0.5, 0.6) is 5.75 Å². The fraction of sp³-hybridized carbons (Fsp3) is 0.214. The smallest absolute Gasteiger partial charge is 0.387 e. The molecule has 1 amide bonds. The number of hydrogen-bond acceptors (Lipinski definition) is 7. The monoisotopic (exact) mass is 382 g/mol. The number of fused-ring (bicyclic) bond motifs is 1. The van der Waals surface area contributed by atoms with Crippen LogP contribution in [0.15, 0.2) is 34.2 Å². The Kier molecular flexibility index (Phi) is 5.11. The van der Waals surface area contributed by atoms with E-state index in [2.05, 4.69) is 30.3 Å². The van der Waals surface area contributed by atoms with E-state index in [0.717, 1.165) is 11.8 Å². The van der Waals surface area contributed by atoms with Crippen molar-refractivity contribution in [2.75, 3.05) is 11.1 Å². The number of nitrogens with zero attached hydrogens (tertiary/aromatic N) is 4. The first-order valence-electron chi connectivity index (χ1n) is 7.22. The van der Waals surface area contributed by atoms with Gasteiger partial charge in [0, 0.05) is 5.69 Å². The van der Waals surface area contributed by atoms with E-state index in [1.165, 1.54) is 28.8 Å². The first-order valence-corrected chi connectivity index (χ1v) is 8.21. The number of anilines is 1. The molecule has 0 atom stereocenters. The molecule has 136 valence electrons. The fourth-order valence-electron chi connectivity index (χ4n) is 1.96. The quantitative estimate of drug-likeness (QED) is 0.620. The van der Waals surface area contributed by atoms with Crippen molar-refractivity contribution in [3.63, 3.8) is 0 Å². The molecule has 3 rings (SSSR count). The van der Waals surface area contributed by atoms with Crippen LogP contribution in [0.1, 0.15) is 5.69 Å². The van der Waals surface area contributed by atoms with Crippen LogP contribution >= 0.6 is 11.8 Å². The molecule has 26 heavy (non-hydrogen) atoms. The first-order chi connectivity index (χ1) is 12.4. The highest BCUT2D eigenvalue weighted by atomic mass is 32.2. The molecular weight excluding hydrogens is 370 g/mol. The molecule has 2 aromatic heterocycles. The van der Waals surface area contributed by atoms with E-state index >= 15 is 0 Å². The lowest BCUT2D eigenvalue weighted by atomic mass is 10.3. The molecule has 0 aliphatic rings. The Balaban J connectivity index is 1.61. The molecule has 0 aliphatic carbocycles. The maximum atomic E-state index is 12.1. The maximum absolute atomic E-state index is 12.1. The van der Waals surface area contributed by atoms with Gasteiger partial charge >= 0.3 is 6.61 Å². The minimum Gasteiger partial charge on any atom is -0.435 e. The number of carbonyl (C=O) groups excluding carboxylic acids is 1. The summed E-state index contributed by atoms with van der Waals surface area (Å²) in [6, 6.07) is 5.54. The van der Waals surface area contributed by atoms with E-state index in [-0.39, 0.29) is 34.4 Å². The van der Waals surface area contributed by atoms with E-state index in [1.807, 2.05) is 0 Å². The average molecular weight is 382 g/mol. The molecule has 2 N–H and O–H groups in total. The average Bonchev–Trinajstić information content (AvgIpc) is 2.96. The molecule has 0 spiro atoms. The standard InChI is InChI=1S/C14H12F2N6O3S/c1-7-11(24)18-13-19-20-14(22(13)21-7)26-6-10(23)17-8-2-4-9(5-3-8)25-12(15)16/h2-5,12H,6H2,1H3,(H,17,23)(H,18,19,24). The van der Waals surface area contributed by atoms with Gasteiger partial charge in [-0.1, -0.05) is 11.8 Å². The molecular formula is C14H12F2N6O3S. The Morgan fingerprint density at radius 2 is 2.08 bits per heavy atom. The highest BCUT2D eigenvalue weighted by molar-refractivity contribution is 7.99. The Morgan fingerprint density at radius 1 is 1.35 bits per heavy atom. The second-order valence-electron chi connectivity index (χ2n) is 5.00. The molecule has 0 radical (unpaired) electrons. The number of alkyl halides is 2. The van der Waals surface area contributed by atoms with Crippen LogP contribution in [0.3, 0.4) is 0 Å². The molecule has 9 nitrogen and oxygen atoms in total. The number of aromatic amines is 1. The van der Waals surface area contributed by atoms with Crippen LogP contribution in [-0.2, 0) is 4.79 Å². The molecule has 0 saturated carbocycles. The van der Waals surface area contributed by atoms with Gasteiger partial charge in [-0.3, -0.25) is 14.6 Å². The number of benzene rings is 1. The van der Waals surface area contributed by atoms with E-state index < -0.39 is 6.61 Å². The third kappa shape index (κ3) is 4.14. The van der Waals surface area contributed by atoms with Crippen LogP contribution < -0.4 is 15.6 Å². The zero-order valence-electron chi connectivity index (χ0n) is 13.3. The number of nitrogens with one attached hydrogen (secondary N) is 2. The number of amides is 1. The number of aryl methyl sites for hydroxylation is 1. The topological polar surface area (TPSA) is 114 Å². The van der Waals surface area contributed by atoms with Crippen LogP contribution in [0.25, 0.3) is 5.78 Å². The first kappa shape index (κ1) is 17.8. The summed E-state index contributed by atoms with van der Waals surface area (Å²) in [6.07, 6.45) is 0. The second-order valence-corrected chi connectivity index (χ2v) is 5.94. The molecule has 0 aliphatic heterocycles. The van der Waals surface area contributed by atoms with Crippen molar-refractivity contribution in [3.8, 4) is 5.75 Å². The number of thioether (sulfide) groups is 1. The zero-order chi connectivity index (χ0) is 18.7. The van der Waals surface area contributed by atoms with Gasteiger partial charge in [0.05, 0.1) is 5.75 Å². The van der Waals surface area contributed by atoms with Gasteiger partial charge in [-0.25, -0.2) is 0 Å². The minimum absolute atomic E-state index is 0.00209. The van der Waals surface area contributed by atoms with E-state index in [9.17, 15) is 18.4 Å². The van der Waals surface area contributed by atoms with Gasteiger partial charge in [0.15, 0.2) is 0 Å². The Labute approximate surface area is 148 Å². The van der Waals surface area contributed by atoms with E-state index in [0.29, 0.717) is 10.8 Å². The van der Waals surface area contributed by atoms with Crippen molar-refractivity contribution in [2.45, 2.75) is 18.7 Å². The minimum atomic E-state index is -2.91. The predicted molar refractivity (Wildman–Crippen MR) is 88.6 cm³/mol. The molecule has 12 heteroatoms. The Bertz CT molecular complexity index is 989. The fourth-order valence-corrected chi connectivity index (χ4v) is 2.64. The summed E-state index contributed by atoms with van der Waals surface area (Å²) in [4.78, 5) is 26.0. The summed E-state index contributed by atoms with van der Waals surface area (Å²) in [5.74, 6) is -0.151. The Hall–Kier alpha value is -3.02. The van der Waals surface area contributed by atoms with Crippen molar-refractivity contribution in [1.29, 1.82) is 0 Å². The lowest BCUT2D eigenvalue weighted by Gasteiger charge is -2.07. The number of H-pyrrole nitrogens is 1. The van der Waals surface area contributed by atoms with Gasteiger partial charge in [-0.2, -0.15) is 18.4 Å². The van der Waals surface area contributed by atoms with E-state index in [1.54, 1.807) is 6.92 Å². The van der Waals surface area contributed by atoms with Gasteiger partial charge in [0.2, 0.25) is 11.1 Å². The number of rotatable bonds is 6. The number of hydrogen-bond donors (Lipinski definition) is 2. The molecule has 0 fully saturated rings. The largest absolute Gasteiger partial charge is 0.435 e. The molecule has 3 aromatic rings. The molecule has 2 heterocycles. The molecule has 1 aromatic carbocycles. The number of carbonyl (C=O) groups is 1. The van der Waals surface area contributed by atoms with Gasteiger partial charge in [-0.15, -0.1) is 10.2 Å². The molecule has 0 unspecified atom stereocenters. The summed E-state index contributed by atoms with van der Waals surface area (Å²) in [6.45, 7) is -1.36. The summed E-state index contributed by atoms with van der Waals surface area (Å²) in [5, 5.41) is 14.7. The highest BCUT2D eigenvalue weighted by Gasteiger charge is 2.12. The number of ether oxygens (including phenoxy) is 1. The predicted octanol–water partition coefficient (Wildman–Crippen LogP) is 1.45. The van der Waals surface area contributed by atoms with Crippen molar-refractivity contribution in [3.05, 3.63) is 40.3 Å². The van der Waals surface area contributed by atoms with Crippen LogP contribution in [-0.4, -0.2) is 43.1 Å². The summed E-state index contributed by atoms with van der Waals surface area (Å²) < 4.78 is 29.8. The summed E-state index contributed by atoms with van der Waals surface area (Å²) >= 11 is 1.08. The number of halogens is 2. The third-order valence-electron chi connectivity index (χ3n) is 3.11. The van der Waals surface area contributed by atoms with Crippen LogP contribution in [0.4, 0.5) is 14.5 Å². The van der Waals surface area contributed by atoms with Crippen molar-refractivity contribution >= 4 is 29.1 Å². The van der Waals surface area contributed by atoms with Gasteiger partial charge in [0.25, 0.3) is 11.3 Å². The maximum Gasteiger partial charge on any atom is 0.387 e. The summed E-state index contributed by atoms with van der Waals surface area (Å²) in [5.41, 5.74) is 0.315.